The number of hydrogen-bond acceptors (Lipinski definition) is 2. The van der Waals surface area contributed by atoms with E-state index in [4.69, 9.17) is 0 Å². The molecule has 1 aliphatic rings. The lowest BCUT2D eigenvalue weighted by atomic mass is 9.76. The summed E-state index contributed by atoms with van der Waals surface area (Å²) in [6, 6.07) is 1.06. The highest BCUT2D eigenvalue weighted by atomic mass is 16.3. The Morgan fingerprint density at radius 2 is 1.88 bits per heavy atom. The van der Waals surface area contributed by atoms with Crippen LogP contribution in [0.25, 0.3) is 0 Å². The number of aliphatic hydroxyl groups is 1. The molecule has 0 aliphatic heterocycles. The Hall–Kier alpha value is -0.0800. The third kappa shape index (κ3) is 4.26. The minimum Gasteiger partial charge on any atom is -0.396 e. The van der Waals surface area contributed by atoms with Gasteiger partial charge in [-0.05, 0) is 30.1 Å². The third-order valence-electron chi connectivity index (χ3n) is 4.59. The van der Waals surface area contributed by atoms with Gasteiger partial charge in [-0.1, -0.05) is 47.5 Å². The van der Waals surface area contributed by atoms with E-state index >= 15 is 0 Å². The van der Waals surface area contributed by atoms with Gasteiger partial charge in [0.05, 0.1) is 0 Å². The van der Waals surface area contributed by atoms with Crippen molar-refractivity contribution < 1.29 is 5.11 Å². The van der Waals surface area contributed by atoms with Gasteiger partial charge >= 0.3 is 0 Å². The lowest BCUT2D eigenvalue weighted by Gasteiger charge is -2.41. The molecular formula is C15H31NO. The van der Waals surface area contributed by atoms with Crippen molar-refractivity contribution in [3.05, 3.63) is 0 Å². The molecule has 0 aromatic heterocycles. The Morgan fingerprint density at radius 1 is 1.24 bits per heavy atom. The van der Waals surface area contributed by atoms with Crippen LogP contribution in [0, 0.1) is 17.3 Å². The van der Waals surface area contributed by atoms with Crippen LogP contribution in [0.3, 0.4) is 0 Å². The molecule has 0 aromatic rings. The van der Waals surface area contributed by atoms with Gasteiger partial charge in [0.1, 0.15) is 0 Å². The van der Waals surface area contributed by atoms with E-state index in [1.165, 1.54) is 19.3 Å². The summed E-state index contributed by atoms with van der Waals surface area (Å²) >= 11 is 0. The van der Waals surface area contributed by atoms with Crippen LogP contribution in [0.15, 0.2) is 0 Å². The van der Waals surface area contributed by atoms with Crippen molar-refractivity contribution in [3.63, 3.8) is 0 Å². The number of aliphatic hydroxyl groups excluding tert-OH is 1. The lowest BCUT2D eigenvalue weighted by Crippen LogP contribution is -2.50. The first-order chi connectivity index (χ1) is 7.86. The van der Waals surface area contributed by atoms with Crippen molar-refractivity contribution in [1.29, 1.82) is 0 Å². The van der Waals surface area contributed by atoms with E-state index in [-0.39, 0.29) is 12.0 Å². The van der Waals surface area contributed by atoms with Crippen molar-refractivity contribution in [1.82, 2.24) is 5.32 Å². The van der Waals surface area contributed by atoms with E-state index in [1.807, 2.05) is 0 Å². The average Bonchev–Trinajstić information content (AvgIpc) is 2.22. The van der Waals surface area contributed by atoms with E-state index in [9.17, 15) is 5.11 Å². The van der Waals surface area contributed by atoms with E-state index in [2.05, 4.69) is 39.9 Å². The first-order valence-corrected chi connectivity index (χ1v) is 7.23. The van der Waals surface area contributed by atoms with E-state index in [0.717, 1.165) is 18.3 Å². The molecule has 0 saturated heterocycles. The van der Waals surface area contributed by atoms with Crippen LogP contribution >= 0.6 is 0 Å². The lowest BCUT2D eigenvalue weighted by molar-refractivity contribution is 0.136. The summed E-state index contributed by atoms with van der Waals surface area (Å²) in [5.74, 6) is 1.59. The predicted octanol–water partition coefficient (Wildman–Crippen LogP) is 3.20. The zero-order valence-corrected chi connectivity index (χ0v) is 12.3. The molecule has 0 amide bonds. The van der Waals surface area contributed by atoms with Gasteiger partial charge in [-0.25, -0.2) is 0 Å². The zero-order chi connectivity index (χ0) is 13.1. The second kappa shape index (κ2) is 6.19. The summed E-state index contributed by atoms with van der Waals surface area (Å²) in [5.41, 5.74) is 0.225. The summed E-state index contributed by atoms with van der Waals surface area (Å²) in [6.07, 6.45) is 4.88. The van der Waals surface area contributed by atoms with Crippen LogP contribution in [0.2, 0.25) is 0 Å². The molecule has 4 atom stereocenters. The molecule has 1 aliphatic carbocycles. The standard InChI is InChI=1S/C15H31NO/c1-11-7-6-8-13(12(11)2)16-14(9-10-17)15(3,4)5/h11-14,16-17H,6-10H2,1-5H3/t11-,12-,13+,14+/m1/s1. The zero-order valence-electron chi connectivity index (χ0n) is 12.3. The highest BCUT2D eigenvalue weighted by Gasteiger charge is 2.32. The summed E-state index contributed by atoms with van der Waals surface area (Å²) in [6.45, 7) is 11.8. The molecule has 0 aromatic carbocycles. The van der Waals surface area contributed by atoms with E-state index in [0.29, 0.717) is 12.1 Å². The molecule has 1 fully saturated rings. The Balaban J connectivity index is 2.60. The monoisotopic (exact) mass is 241 g/mol. The molecule has 0 heterocycles. The topological polar surface area (TPSA) is 32.3 Å². The van der Waals surface area contributed by atoms with E-state index in [1.54, 1.807) is 0 Å². The van der Waals surface area contributed by atoms with Crippen molar-refractivity contribution >= 4 is 0 Å². The van der Waals surface area contributed by atoms with Gasteiger partial charge in [-0.15, -0.1) is 0 Å². The molecule has 0 unspecified atom stereocenters. The smallest absolute Gasteiger partial charge is 0.0446 e. The van der Waals surface area contributed by atoms with Gasteiger partial charge in [-0.3, -0.25) is 0 Å². The summed E-state index contributed by atoms with van der Waals surface area (Å²) in [5, 5.41) is 13.0. The van der Waals surface area contributed by atoms with Crippen molar-refractivity contribution in [2.24, 2.45) is 17.3 Å². The van der Waals surface area contributed by atoms with Gasteiger partial charge < -0.3 is 10.4 Å². The highest BCUT2D eigenvalue weighted by Crippen LogP contribution is 2.31. The maximum Gasteiger partial charge on any atom is 0.0446 e. The maximum absolute atomic E-state index is 9.21. The number of rotatable bonds is 4. The summed E-state index contributed by atoms with van der Waals surface area (Å²) < 4.78 is 0. The van der Waals surface area contributed by atoms with Gasteiger partial charge in [0.25, 0.3) is 0 Å². The number of hydrogen-bond donors (Lipinski definition) is 2. The van der Waals surface area contributed by atoms with E-state index < -0.39 is 0 Å². The fourth-order valence-electron chi connectivity index (χ4n) is 2.97. The van der Waals surface area contributed by atoms with Gasteiger partial charge in [0, 0.05) is 18.7 Å². The molecule has 0 bridgehead atoms. The minimum absolute atomic E-state index is 0.225. The van der Waals surface area contributed by atoms with Crippen molar-refractivity contribution in [3.8, 4) is 0 Å². The molecule has 2 heteroatoms. The maximum atomic E-state index is 9.21. The third-order valence-corrected chi connectivity index (χ3v) is 4.59. The van der Waals surface area contributed by atoms with Crippen LogP contribution < -0.4 is 5.32 Å². The Labute approximate surface area is 107 Å². The molecule has 1 saturated carbocycles. The van der Waals surface area contributed by atoms with Crippen LogP contribution in [0.1, 0.15) is 60.3 Å². The molecule has 17 heavy (non-hydrogen) atoms. The first kappa shape index (κ1) is 15.0. The molecular weight excluding hydrogens is 210 g/mol. The second-order valence-electron chi connectivity index (χ2n) is 6.97. The molecule has 1 rings (SSSR count). The predicted molar refractivity (Wildman–Crippen MR) is 74.0 cm³/mol. The summed E-state index contributed by atoms with van der Waals surface area (Å²) in [7, 11) is 0. The second-order valence-corrected chi connectivity index (χ2v) is 6.97. The highest BCUT2D eigenvalue weighted by molar-refractivity contribution is 4.88. The number of nitrogens with one attached hydrogen (secondary N) is 1. The molecule has 0 spiro atoms. The largest absolute Gasteiger partial charge is 0.396 e. The van der Waals surface area contributed by atoms with Crippen LogP contribution in [0.4, 0.5) is 0 Å². The average molecular weight is 241 g/mol. The van der Waals surface area contributed by atoms with Gasteiger partial charge in [0.15, 0.2) is 0 Å². The first-order valence-electron chi connectivity index (χ1n) is 7.23. The SMILES string of the molecule is C[C@@H]1[C@H](C)CCC[C@@H]1N[C@@H](CCO)C(C)(C)C. The van der Waals surface area contributed by atoms with Gasteiger partial charge in [-0.2, -0.15) is 0 Å². The molecule has 102 valence electrons. The Morgan fingerprint density at radius 3 is 2.41 bits per heavy atom. The van der Waals surface area contributed by atoms with Gasteiger partial charge in [0.2, 0.25) is 0 Å². The fourth-order valence-corrected chi connectivity index (χ4v) is 2.97. The molecule has 2 N–H and O–H groups in total. The summed E-state index contributed by atoms with van der Waals surface area (Å²) in [4.78, 5) is 0. The normalized spacial score (nSPS) is 32.5. The Kier molecular flexibility index (Phi) is 5.46. The van der Waals surface area contributed by atoms with Crippen molar-refractivity contribution in [2.75, 3.05) is 6.61 Å². The van der Waals surface area contributed by atoms with Crippen LogP contribution in [-0.2, 0) is 0 Å². The minimum atomic E-state index is 0.225. The Bertz CT molecular complexity index is 221. The van der Waals surface area contributed by atoms with Crippen LogP contribution in [0.5, 0.6) is 0 Å². The van der Waals surface area contributed by atoms with Crippen molar-refractivity contribution in [2.45, 2.75) is 72.4 Å². The molecule has 0 radical (unpaired) electrons. The fraction of sp³-hybridized carbons (Fsp3) is 1.00. The van der Waals surface area contributed by atoms with Crippen LogP contribution in [-0.4, -0.2) is 23.8 Å². The molecule has 2 nitrogen and oxygen atoms in total. The quantitative estimate of drug-likeness (QED) is 0.792.